The first-order valence-electron chi connectivity index (χ1n) is 13.5. The van der Waals surface area contributed by atoms with Crippen molar-refractivity contribution < 1.29 is 4.74 Å². The Bertz CT molecular complexity index is 917. The van der Waals surface area contributed by atoms with Crippen LogP contribution in [0.4, 0.5) is 0 Å². The minimum absolute atomic E-state index is 0.940. The zero-order chi connectivity index (χ0) is 23.0. The molecule has 2 fully saturated rings. The summed E-state index contributed by atoms with van der Waals surface area (Å²) in [6.07, 6.45) is 20.7. The molecule has 180 valence electrons. The number of nitrogens with zero attached hydrogens (tertiary/aromatic N) is 2. The standard InChI is InChI=1S/C31H40N2O/c1-5-17-32(18-6-1)21-9-3-11-26-13-15-30-28(23-26)25-29-24-27(14-16-31(29)34-30)12-4-10-22-33-19-7-2-8-20-33/h3-4,11-16,23-24H,1-2,5-10,17-22,25H2. The topological polar surface area (TPSA) is 15.7 Å². The summed E-state index contributed by atoms with van der Waals surface area (Å²) in [7, 11) is 0. The van der Waals surface area contributed by atoms with Crippen LogP contribution in [0.15, 0.2) is 48.6 Å². The Balaban J connectivity index is 1.15. The molecule has 34 heavy (non-hydrogen) atoms. The quantitative estimate of drug-likeness (QED) is 0.358. The summed E-state index contributed by atoms with van der Waals surface area (Å²) in [5.74, 6) is 2.01. The second kappa shape index (κ2) is 11.9. The molecule has 3 heteroatoms. The highest BCUT2D eigenvalue weighted by Gasteiger charge is 2.17. The third-order valence-electron chi connectivity index (χ3n) is 7.51. The van der Waals surface area contributed by atoms with Crippen LogP contribution in [0.25, 0.3) is 12.2 Å². The van der Waals surface area contributed by atoms with Gasteiger partial charge in [-0.25, -0.2) is 0 Å². The third-order valence-corrected chi connectivity index (χ3v) is 7.51. The number of piperidine rings is 2. The van der Waals surface area contributed by atoms with Gasteiger partial charge in [0.2, 0.25) is 0 Å². The van der Waals surface area contributed by atoms with Crippen molar-refractivity contribution in [1.82, 2.24) is 9.80 Å². The van der Waals surface area contributed by atoms with Crippen LogP contribution >= 0.6 is 0 Å². The molecule has 3 nitrogen and oxygen atoms in total. The number of rotatable bonds is 8. The highest BCUT2D eigenvalue weighted by molar-refractivity contribution is 5.60. The van der Waals surface area contributed by atoms with E-state index in [4.69, 9.17) is 4.74 Å². The van der Waals surface area contributed by atoms with E-state index in [0.717, 1.165) is 30.8 Å². The fourth-order valence-corrected chi connectivity index (χ4v) is 5.52. The monoisotopic (exact) mass is 456 g/mol. The number of ether oxygens (including phenoxy) is 1. The lowest BCUT2D eigenvalue weighted by molar-refractivity contribution is 0.233. The van der Waals surface area contributed by atoms with Crippen LogP contribution in [0.2, 0.25) is 0 Å². The van der Waals surface area contributed by atoms with Gasteiger partial charge < -0.3 is 14.5 Å². The first-order chi connectivity index (χ1) is 16.8. The molecule has 0 saturated carbocycles. The van der Waals surface area contributed by atoms with E-state index in [1.54, 1.807) is 0 Å². The Morgan fingerprint density at radius 2 is 1.09 bits per heavy atom. The molecule has 5 rings (SSSR count). The zero-order valence-corrected chi connectivity index (χ0v) is 20.7. The summed E-state index contributed by atoms with van der Waals surface area (Å²) in [5, 5.41) is 0. The van der Waals surface area contributed by atoms with Gasteiger partial charge in [0.1, 0.15) is 11.5 Å². The molecule has 0 radical (unpaired) electrons. The molecule has 3 aliphatic rings. The molecule has 2 aromatic rings. The van der Waals surface area contributed by atoms with Crippen LogP contribution in [0, 0.1) is 0 Å². The van der Waals surface area contributed by atoms with Gasteiger partial charge in [0.15, 0.2) is 0 Å². The Hall–Kier alpha value is -2.36. The molecule has 2 aromatic carbocycles. The van der Waals surface area contributed by atoms with Crippen molar-refractivity contribution in [3.8, 4) is 11.5 Å². The molecule has 0 aromatic heterocycles. The van der Waals surface area contributed by atoms with E-state index in [2.05, 4.69) is 70.5 Å². The predicted octanol–water partition coefficient (Wildman–Crippen LogP) is 7.16. The predicted molar refractivity (Wildman–Crippen MR) is 144 cm³/mol. The first-order valence-corrected chi connectivity index (χ1v) is 13.5. The molecule has 2 saturated heterocycles. The van der Waals surface area contributed by atoms with Gasteiger partial charge in [0, 0.05) is 19.5 Å². The summed E-state index contributed by atoms with van der Waals surface area (Å²) in [4.78, 5) is 5.20. The summed E-state index contributed by atoms with van der Waals surface area (Å²) in [5.41, 5.74) is 5.13. The van der Waals surface area contributed by atoms with Crippen LogP contribution in [-0.4, -0.2) is 49.1 Å². The SMILES string of the molecule is C(=Cc1ccc2c(c1)Cc1cc(C=CCCN3CCCCC3)ccc1O2)CCN1CCCCC1. The van der Waals surface area contributed by atoms with Crippen molar-refractivity contribution in [3.05, 3.63) is 70.8 Å². The second-order valence-corrected chi connectivity index (χ2v) is 10.2. The average Bonchev–Trinajstić information content (AvgIpc) is 2.89. The second-order valence-electron chi connectivity index (χ2n) is 10.2. The molecule has 3 aliphatic heterocycles. The van der Waals surface area contributed by atoms with Crippen molar-refractivity contribution in [3.63, 3.8) is 0 Å². The van der Waals surface area contributed by atoms with Crippen molar-refractivity contribution in [2.24, 2.45) is 0 Å². The third kappa shape index (κ3) is 6.40. The molecule has 3 heterocycles. The molecule has 0 N–H and O–H groups in total. The van der Waals surface area contributed by atoms with Crippen molar-refractivity contribution in [2.45, 2.75) is 57.8 Å². The van der Waals surface area contributed by atoms with Gasteiger partial charge in [-0.3, -0.25) is 0 Å². The lowest BCUT2D eigenvalue weighted by Gasteiger charge is -2.25. The van der Waals surface area contributed by atoms with Crippen LogP contribution in [0.3, 0.4) is 0 Å². The van der Waals surface area contributed by atoms with Gasteiger partial charge >= 0.3 is 0 Å². The van der Waals surface area contributed by atoms with Crippen molar-refractivity contribution in [2.75, 3.05) is 39.3 Å². The van der Waals surface area contributed by atoms with E-state index in [9.17, 15) is 0 Å². The van der Waals surface area contributed by atoms with E-state index in [1.165, 1.54) is 100 Å². The fraction of sp³-hybridized carbons (Fsp3) is 0.484. The van der Waals surface area contributed by atoms with E-state index >= 15 is 0 Å². The van der Waals surface area contributed by atoms with Gasteiger partial charge in [0.05, 0.1) is 0 Å². The molecule has 0 amide bonds. The summed E-state index contributed by atoms with van der Waals surface area (Å²) in [6, 6.07) is 13.2. The number of likely N-dealkylation sites (tertiary alicyclic amines) is 2. The van der Waals surface area contributed by atoms with Crippen LogP contribution in [0.5, 0.6) is 11.5 Å². The molecule has 0 atom stereocenters. The number of benzene rings is 2. The molecule has 0 unspecified atom stereocenters. The molecular weight excluding hydrogens is 416 g/mol. The minimum Gasteiger partial charge on any atom is -0.457 e. The minimum atomic E-state index is 0.940. The van der Waals surface area contributed by atoms with Gasteiger partial charge in [-0.2, -0.15) is 0 Å². The summed E-state index contributed by atoms with van der Waals surface area (Å²) in [6.45, 7) is 7.48. The number of hydrogen-bond acceptors (Lipinski definition) is 3. The first kappa shape index (κ1) is 23.4. The van der Waals surface area contributed by atoms with E-state index in [0.29, 0.717) is 0 Å². The van der Waals surface area contributed by atoms with Gasteiger partial charge in [-0.05, 0) is 111 Å². The maximum absolute atomic E-state index is 6.24. The van der Waals surface area contributed by atoms with E-state index in [-0.39, 0.29) is 0 Å². The lowest BCUT2D eigenvalue weighted by atomic mass is 9.96. The van der Waals surface area contributed by atoms with Gasteiger partial charge in [-0.1, -0.05) is 49.3 Å². The van der Waals surface area contributed by atoms with E-state index < -0.39 is 0 Å². The number of hydrogen-bond donors (Lipinski definition) is 0. The maximum atomic E-state index is 6.24. The van der Waals surface area contributed by atoms with Gasteiger partial charge in [-0.15, -0.1) is 0 Å². The van der Waals surface area contributed by atoms with Crippen LogP contribution < -0.4 is 4.74 Å². The highest BCUT2D eigenvalue weighted by atomic mass is 16.5. The van der Waals surface area contributed by atoms with Crippen molar-refractivity contribution >= 4 is 12.2 Å². The lowest BCUT2D eigenvalue weighted by Crippen LogP contribution is -2.30. The summed E-state index contributed by atoms with van der Waals surface area (Å²) < 4.78 is 6.24. The molecule has 0 bridgehead atoms. The van der Waals surface area contributed by atoms with Crippen LogP contribution in [-0.2, 0) is 6.42 Å². The zero-order valence-electron chi connectivity index (χ0n) is 20.7. The number of fused-ring (bicyclic) bond motifs is 2. The fourth-order valence-electron chi connectivity index (χ4n) is 5.52. The Labute approximate surface area is 206 Å². The van der Waals surface area contributed by atoms with Crippen molar-refractivity contribution in [1.29, 1.82) is 0 Å². The summed E-state index contributed by atoms with van der Waals surface area (Å²) >= 11 is 0. The van der Waals surface area contributed by atoms with Gasteiger partial charge in [0.25, 0.3) is 0 Å². The maximum Gasteiger partial charge on any atom is 0.131 e. The smallest absolute Gasteiger partial charge is 0.131 e. The molecule has 0 spiro atoms. The Morgan fingerprint density at radius 1 is 0.618 bits per heavy atom. The van der Waals surface area contributed by atoms with E-state index in [1.807, 2.05) is 0 Å². The Morgan fingerprint density at radius 3 is 1.56 bits per heavy atom. The van der Waals surface area contributed by atoms with Crippen LogP contribution in [0.1, 0.15) is 73.6 Å². The molecule has 0 aliphatic carbocycles. The highest BCUT2D eigenvalue weighted by Crippen LogP contribution is 2.37. The molecular formula is C31H40N2O. The largest absolute Gasteiger partial charge is 0.457 e. The normalized spacial score (nSPS) is 19.3. The Kier molecular flexibility index (Phi) is 8.16. The average molecular weight is 457 g/mol.